The molecule has 1 amide bonds. The van der Waals surface area contributed by atoms with E-state index in [1.165, 1.54) is 54.6 Å². The first-order chi connectivity index (χ1) is 17.6. The Morgan fingerprint density at radius 2 is 1.78 bits per heavy atom. The molecule has 2 aromatic heterocycles. The number of aliphatic hydroxyl groups is 1. The molecule has 4 rings (SSSR count). The first-order valence-electron chi connectivity index (χ1n) is 10.6. The van der Waals surface area contributed by atoms with Crippen LogP contribution >= 0.6 is 0 Å². The molecular weight excluding hydrogens is 498 g/mol. The Labute approximate surface area is 206 Å². The maximum absolute atomic E-state index is 14.7. The minimum absolute atomic E-state index is 0.0888. The third kappa shape index (κ3) is 6.10. The molecule has 2 heterocycles. The van der Waals surface area contributed by atoms with Gasteiger partial charge in [0.1, 0.15) is 23.0 Å². The number of hydrogen-bond donors (Lipinski definition) is 4. The van der Waals surface area contributed by atoms with Crippen molar-refractivity contribution in [3.8, 4) is 17.2 Å². The van der Waals surface area contributed by atoms with Crippen molar-refractivity contribution in [1.29, 1.82) is 0 Å². The van der Waals surface area contributed by atoms with Crippen LogP contribution < -0.4 is 20.7 Å². The summed E-state index contributed by atoms with van der Waals surface area (Å²) in [5.74, 6) is -0.920. The Balaban J connectivity index is 1.50. The molecule has 0 aliphatic rings. The number of carbonyl (C=O) groups is 1. The van der Waals surface area contributed by atoms with Gasteiger partial charge in [0.2, 0.25) is 6.35 Å². The topological polar surface area (TPSA) is 126 Å². The number of anilines is 2. The highest BCUT2D eigenvalue weighted by Gasteiger charge is 2.31. The van der Waals surface area contributed by atoms with E-state index in [0.717, 1.165) is 24.3 Å². The summed E-state index contributed by atoms with van der Waals surface area (Å²) >= 11 is 0. The second kappa shape index (κ2) is 10.5. The highest BCUT2D eigenvalue weighted by Crippen LogP contribution is 2.33. The molecule has 0 radical (unpaired) electrons. The van der Waals surface area contributed by atoms with Crippen LogP contribution in [-0.4, -0.2) is 44.4 Å². The average Bonchev–Trinajstić information content (AvgIpc) is 3.39. The van der Waals surface area contributed by atoms with Crippen LogP contribution in [0.3, 0.4) is 0 Å². The monoisotopic (exact) mass is 517 g/mol. The summed E-state index contributed by atoms with van der Waals surface area (Å²) in [7, 11) is 1.45. The lowest BCUT2D eigenvalue weighted by atomic mass is 10.1. The van der Waals surface area contributed by atoms with Crippen LogP contribution in [0.15, 0.2) is 67.1 Å². The summed E-state index contributed by atoms with van der Waals surface area (Å²) in [5, 5.41) is 25.1. The molecule has 0 spiro atoms. The maximum Gasteiger partial charge on any atom is 0.416 e. The maximum atomic E-state index is 14.7. The minimum Gasteiger partial charge on any atom is -0.457 e. The summed E-state index contributed by atoms with van der Waals surface area (Å²) in [6.45, 7) is 0. The average molecular weight is 517 g/mol. The van der Waals surface area contributed by atoms with E-state index in [0.29, 0.717) is 0 Å². The van der Waals surface area contributed by atoms with Crippen LogP contribution in [0, 0.1) is 5.82 Å². The molecule has 0 fully saturated rings. The van der Waals surface area contributed by atoms with E-state index in [1.807, 2.05) is 0 Å². The van der Waals surface area contributed by atoms with Gasteiger partial charge in [0, 0.05) is 25.4 Å². The van der Waals surface area contributed by atoms with Crippen LogP contribution in [-0.2, 0) is 6.18 Å². The van der Waals surface area contributed by atoms with Gasteiger partial charge in [-0.05, 0) is 36.4 Å². The van der Waals surface area contributed by atoms with Gasteiger partial charge in [-0.3, -0.25) is 9.78 Å². The SMILES string of the molecule is CNC(=O)c1cc(Oc2ccc(NC(O)Nc3cc(C(F)(F)F)ccc3-n3ccnn3)c(F)c2)ccn1. The van der Waals surface area contributed by atoms with Crippen molar-refractivity contribution in [1.82, 2.24) is 25.3 Å². The normalized spacial score (nSPS) is 12.1. The Hall–Kier alpha value is -4.72. The number of aromatic nitrogens is 4. The van der Waals surface area contributed by atoms with Gasteiger partial charge in [-0.1, -0.05) is 5.21 Å². The number of carbonyl (C=O) groups excluding carboxylic acids is 1. The third-order valence-electron chi connectivity index (χ3n) is 4.95. The van der Waals surface area contributed by atoms with Crippen molar-refractivity contribution in [3.63, 3.8) is 0 Å². The molecule has 0 aliphatic heterocycles. The number of aliphatic hydroxyl groups excluding tert-OH is 1. The standard InChI is InChI=1S/C23H19F4N7O3/c1-28-21(35)19-12-15(6-7-29-19)37-14-3-4-17(16(24)11-14)31-22(36)32-18-10-13(23(25,26)27)2-5-20(18)34-9-8-30-33-34/h2-12,22,31-32,36H,1H3,(H,28,35). The summed E-state index contributed by atoms with van der Waals surface area (Å²) < 4.78 is 61.2. The second-order valence-corrected chi connectivity index (χ2v) is 7.47. The van der Waals surface area contributed by atoms with Gasteiger partial charge < -0.3 is 25.8 Å². The quantitative estimate of drug-likeness (QED) is 0.206. The van der Waals surface area contributed by atoms with Gasteiger partial charge in [-0.25, -0.2) is 9.07 Å². The van der Waals surface area contributed by atoms with E-state index in [-0.39, 0.29) is 34.3 Å². The number of benzene rings is 2. The zero-order valence-corrected chi connectivity index (χ0v) is 19.0. The minimum atomic E-state index is -4.63. The number of rotatable bonds is 8. The first kappa shape index (κ1) is 25.4. The van der Waals surface area contributed by atoms with Crippen molar-refractivity contribution in [3.05, 3.63) is 84.2 Å². The van der Waals surface area contributed by atoms with E-state index in [4.69, 9.17) is 4.74 Å². The number of alkyl halides is 3. The molecule has 14 heteroatoms. The summed E-state index contributed by atoms with van der Waals surface area (Å²) in [4.78, 5) is 15.6. The summed E-state index contributed by atoms with van der Waals surface area (Å²) in [6, 6.07) is 9.35. The van der Waals surface area contributed by atoms with E-state index in [1.54, 1.807) is 0 Å². The molecule has 4 aromatic rings. The lowest BCUT2D eigenvalue weighted by molar-refractivity contribution is -0.137. The highest BCUT2D eigenvalue weighted by molar-refractivity contribution is 5.92. The van der Waals surface area contributed by atoms with Gasteiger partial charge in [0.15, 0.2) is 0 Å². The molecule has 0 saturated carbocycles. The lowest BCUT2D eigenvalue weighted by Crippen LogP contribution is -2.29. The Bertz CT molecular complexity index is 1400. The van der Waals surface area contributed by atoms with Crippen molar-refractivity contribution >= 4 is 17.3 Å². The molecule has 4 N–H and O–H groups in total. The second-order valence-electron chi connectivity index (χ2n) is 7.47. The molecule has 0 bridgehead atoms. The molecule has 0 saturated heterocycles. The molecule has 1 unspecified atom stereocenters. The van der Waals surface area contributed by atoms with Crippen molar-refractivity contribution in [2.75, 3.05) is 17.7 Å². The van der Waals surface area contributed by atoms with E-state index >= 15 is 0 Å². The fourth-order valence-corrected chi connectivity index (χ4v) is 3.23. The van der Waals surface area contributed by atoms with Gasteiger partial charge >= 0.3 is 6.18 Å². The number of halogens is 4. The van der Waals surface area contributed by atoms with Crippen molar-refractivity contribution in [2.24, 2.45) is 0 Å². The Morgan fingerprint density at radius 1 is 1.03 bits per heavy atom. The van der Waals surface area contributed by atoms with Gasteiger partial charge in [0.05, 0.1) is 35.0 Å². The van der Waals surface area contributed by atoms with Crippen molar-refractivity contribution in [2.45, 2.75) is 12.5 Å². The Kier molecular flexibility index (Phi) is 7.20. The van der Waals surface area contributed by atoms with Gasteiger partial charge in [-0.2, -0.15) is 13.2 Å². The summed E-state index contributed by atoms with van der Waals surface area (Å²) in [6.07, 6.45) is -2.22. The zero-order chi connectivity index (χ0) is 26.6. The highest BCUT2D eigenvalue weighted by atomic mass is 19.4. The molecule has 37 heavy (non-hydrogen) atoms. The van der Waals surface area contributed by atoms with Gasteiger partial charge in [0.25, 0.3) is 5.91 Å². The molecular formula is C23H19F4N7O3. The smallest absolute Gasteiger partial charge is 0.416 e. The summed E-state index contributed by atoms with van der Waals surface area (Å²) in [5.41, 5.74) is -0.987. The molecule has 0 aliphatic carbocycles. The number of nitrogens with one attached hydrogen (secondary N) is 3. The molecule has 192 valence electrons. The number of hydrogen-bond acceptors (Lipinski definition) is 8. The molecule has 10 nitrogen and oxygen atoms in total. The predicted molar refractivity (Wildman–Crippen MR) is 124 cm³/mol. The Morgan fingerprint density at radius 3 is 2.46 bits per heavy atom. The zero-order valence-electron chi connectivity index (χ0n) is 19.0. The van der Waals surface area contributed by atoms with Crippen LogP contribution in [0.1, 0.15) is 16.1 Å². The number of ether oxygens (including phenoxy) is 1. The fraction of sp³-hybridized carbons (Fsp3) is 0.130. The van der Waals surface area contributed by atoms with E-state index < -0.39 is 29.8 Å². The third-order valence-corrected chi connectivity index (χ3v) is 4.95. The van der Waals surface area contributed by atoms with Crippen LogP contribution in [0.25, 0.3) is 5.69 Å². The van der Waals surface area contributed by atoms with Crippen LogP contribution in [0.2, 0.25) is 0 Å². The predicted octanol–water partition coefficient (Wildman–Crippen LogP) is 3.77. The van der Waals surface area contributed by atoms with Crippen LogP contribution in [0.4, 0.5) is 28.9 Å². The van der Waals surface area contributed by atoms with Gasteiger partial charge in [-0.15, -0.1) is 5.10 Å². The van der Waals surface area contributed by atoms with E-state index in [2.05, 4.69) is 31.2 Å². The first-order valence-corrected chi connectivity index (χ1v) is 10.6. The lowest BCUT2D eigenvalue weighted by Gasteiger charge is -2.20. The number of amides is 1. The van der Waals surface area contributed by atoms with Crippen LogP contribution in [0.5, 0.6) is 11.5 Å². The number of nitrogens with zero attached hydrogens (tertiary/aromatic N) is 4. The largest absolute Gasteiger partial charge is 0.457 e. The van der Waals surface area contributed by atoms with Crippen molar-refractivity contribution < 1.29 is 32.2 Å². The van der Waals surface area contributed by atoms with E-state index in [9.17, 15) is 27.5 Å². The molecule has 1 atom stereocenters. The fourth-order valence-electron chi connectivity index (χ4n) is 3.23. The number of pyridine rings is 1. The molecule has 2 aromatic carbocycles.